The van der Waals surface area contributed by atoms with E-state index in [2.05, 4.69) is 35.3 Å². The Bertz CT molecular complexity index is 673. The molecule has 4 heteroatoms. The summed E-state index contributed by atoms with van der Waals surface area (Å²) in [6.45, 7) is 2.18. The number of benzene rings is 1. The maximum atomic E-state index is 11.6. The van der Waals surface area contributed by atoms with Gasteiger partial charge in [-0.1, -0.05) is 49.4 Å². The van der Waals surface area contributed by atoms with E-state index in [4.69, 9.17) is 4.74 Å². The molecular weight excluding hydrogens is 252 g/mol. The summed E-state index contributed by atoms with van der Waals surface area (Å²) >= 11 is 0. The van der Waals surface area contributed by atoms with Crippen LogP contribution >= 0.6 is 0 Å². The summed E-state index contributed by atoms with van der Waals surface area (Å²) in [5.41, 5.74) is 3.32. The van der Waals surface area contributed by atoms with Crippen LogP contribution in [0.25, 0.3) is 6.08 Å². The molecule has 1 aromatic heterocycles. The van der Waals surface area contributed by atoms with E-state index in [1.165, 1.54) is 12.7 Å². The van der Waals surface area contributed by atoms with E-state index in [-0.39, 0.29) is 5.41 Å². The van der Waals surface area contributed by atoms with Gasteiger partial charge >= 0.3 is 5.97 Å². The van der Waals surface area contributed by atoms with Gasteiger partial charge in [-0.3, -0.25) is 5.10 Å². The predicted molar refractivity (Wildman–Crippen MR) is 76.5 cm³/mol. The van der Waals surface area contributed by atoms with Crippen molar-refractivity contribution < 1.29 is 9.53 Å². The number of carbonyl (C=O) groups excluding carboxylic acids is 1. The monoisotopic (exact) mass is 268 g/mol. The first-order chi connectivity index (χ1) is 9.64. The number of nitrogens with zero attached hydrogens (tertiary/aromatic N) is 1. The molecule has 1 aliphatic rings. The second kappa shape index (κ2) is 4.63. The molecule has 0 radical (unpaired) electrons. The lowest BCUT2D eigenvalue weighted by Gasteiger charge is -2.29. The minimum Gasteiger partial charge on any atom is -0.464 e. The van der Waals surface area contributed by atoms with Crippen molar-refractivity contribution in [2.24, 2.45) is 0 Å². The maximum Gasteiger partial charge on any atom is 0.359 e. The van der Waals surface area contributed by atoms with Gasteiger partial charge in [-0.2, -0.15) is 5.10 Å². The molecule has 0 saturated heterocycles. The van der Waals surface area contributed by atoms with E-state index < -0.39 is 5.97 Å². The molecule has 1 atom stereocenters. The molecule has 102 valence electrons. The third-order valence-electron chi connectivity index (χ3n) is 3.86. The number of H-pyrrole nitrogens is 1. The lowest BCUT2D eigenvalue weighted by molar-refractivity contribution is 0.0593. The Morgan fingerprint density at radius 2 is 2.10 bits per heavy atom. The van der Waals surface area contributed by atoms with Gasteiger partial charge in [0, 0.05) is 23.1 Å². The molecule has 0 aliphatic heterocycles. The number of allylic oxidation sites excluding steroid dienone is 1. The van der Waals surface area contributed by atoms with Crippen molar-refractivity contribution in [1.82, 2.24) is 10.2 Å². The summed E-state index contributed by atoms with van der Waals surface area (Å²) in [7, 11) is 1.37. The highest BCUT2D eigenvalue weighted by Gasteiger charge is 2.31. The minimum atomic E-state index is -0.407. The van der Waals surface area contributed by atoms with Gasteiger partial charge in [0.2, 0.25) is 0 Å². The average molecular weight is 268 g/mol. The second-order valence-corrected chi connectivity index (χ2v) is 5.25. The largest absolute Gasteiger partial charge is 0.464 e. The smallest absolute Gasteiger partial charge is 0.359 e. The summed E-state index contributed by atoms with van der Waals surface area (Å²) in [5, 5.41) is 7.04. The number of hydrogen-bond donors (Lipinski definition) is 1. The molecule has 20 heavy (non-hydrogen) atoms. The molecule has 2 aromatic rings. The number of carbonyl (C=O) groups is 1. The van der Waals surface area contributed by atoms with E-state index in [0.717, 1.165) is 17.7 Å². The van der Waals surface area contributed by atoms with Crippen LogP contribution in [-0.4, -0.2) is 23.3 Å². The van der Waals surface area contributed by atoms with Crippen LogP contribution in [0.1, 0.15) is 34.2 Å². The van der Waals surface area contributed by atoms with Crippen molar-refractivity contribution in [3.8, 4) is 0 Å². The Labute approximate surface area is 117 Å². The highest BCUT2D eigenvalue weighted by Crippen LogP contribution is 2.35. The zero-order valence-corrected chi connectivity index (χ0v) is 11.5. The number of rotatable bonds is 2. The van der Waals surface area contributed by atoms with Crippen molar-refractivity contribution in [2.45, 2.75) is 18.8 Å². The molecule has 1 aliphatic carbocycles. The highest BCUT2D eigenvalue weighted by atomic mass is 16.5. The van der Waals surface area contributed by atoms with E-state index in [0.29, 0.717) is 5.69 Å². The van der Waals surface area contributed by atoms with Crippen molar-refractivity contribution >= 4 is 12.0 Å². The van der Waals surface area contributed by atoms with Crippen LogP contribution < -0.4 is 0 Å². The number of nitrogens with one attached hydrogen (secondary N) is 1. The molecule has 1 heterocycles. The van der Waals surface area contributed by atoms with Crippen LogP contribution in [0.4, 0.5) is 0 Å². The molecule has 0 amide bonds. The molecule has 1 aromatic carbocycles. The third kappa shape index (κ3) is 1.93. The summed E-state index contributed by atoms with van der Waals surface area (Å²) in [6.07, 6.45) is 4.88. The van der Waals surface area contributed by atoms with Crippen molar-refractivity contribution in [1.29, 1.82) is 0 Å². The van der Waals surface area contributed by atoms with Gasteiger partial charge in [0.15, 0.2) is 5.69 Å². The van der Waals surface area contributed by atoms with Crippen LogP contribution in [0.5, 0.6) is 0 Å². The van der Waals surface area contributed by atoms with Crippen LogP contribution in [0.3, 0.4) is 0 Å². The zero-order valence-electron chi connectivity index (χ0n) is 11.5. The number of aromatic amines is 1. The topological polar surface area (TPSA) is 55.0 Å². The molecular formula is C16H16N2O2. The number of aromatic nitrogens is 2. The van der Waals surface area contributed by atoms with Crippen molar-refractivity contribution in [2.75, 3.05) is 7.11 Å². The number of esters is 1. The average Bonchev–Trinajstić information content (AvgIpc) is 2.90. The van der Waals surface area contributed by atoms with Gasteiger partial charge in [0.05, 0.1) is 7.11 Å². The fraction of sp³-hybridized carbons (Fsp3) is 0.250. The van der Waals surface area contributed by atoms with Crippen LogP contribution in [0.2, 0.25) is 0 Å². The number of hydrogen-bond acceptors (Lipinski definition) is 3. The standard InChI is InChI=1S/C16H16N2O2/c1-16(11-6-4-3-5-7-11)9-8-12-13(10-16)17-18-14(12)15(19)20-2/h3-9H,10H2,1-2H3,(H,17,18). The molecule has 0 fully saturated rings. The quantitative estimate of drug-likeness (QED) is 0.852. The fourth-order valence-corrected chi connectivity index (χ4v) is 2.66. The van der Waals surface area contributed by atoms with Crippen LogP contribution in [0, 0.1) is 0 Å². The Kier molecular flexibility index (Phi) is 2.93. The van der Waals surface area contributed by atoms with E-state index in [9.17, 15) is 4.79 Å². The van der Waals surface area contributed by atoms with Crippen molar-refractivity contribution in [3.63, 3.8) is 0 Å². The van der Waals surface area contributed by atoms with Crippen LogP contribution in [0.15, 0.2) is 36.4 Å². The molecule has 1 N–H and O–H groups in total. The summed E-state index contributed by atoms with van der Waals surface area (Å²) in [4.78, 5) is 11.6. The van der Waals surface area contributed by atoms with Gasteiger partial charge in [-0.05, 0) is 5.56 Å². The van der Waals surface area contributed by atoms with E-state index in [1.807, 2.05) is 24.3 Å². The molecule has 4 nitrogen and oxygen atoms in total. The maximum absolute atomic E-state index is 11.6. The van der Waals surface area contributed by atoms with E-state index in [1.54, 1.807) is 0 Å². The third-order valence-corrected chi connectivity index (χ3v) is 3.86. The Hall–Kier alpha value is -2.36. The van der Waals surface area contributed by atoms with Gasteiger partial charge in [0.25, 0.3) is 0 Å². The van der Waals surface area contributed by atoms with Gasteiger partial charge in [-0.15, -0.1) is 0 Å². The molecule has 0 saturated carbocycles. The number of fused-ring (bicyclic) bond motifs is 1. The van der Waals surface area contributed by atoms with Gasteiger partial charge in [0.1, 0.15) is 0 Å². The minimum absolute atomic E-state index is 0.0891. The highest BCUT2D eigenvalue weighted by molar-refractivity contribution is 5.92. The number of ether oxygens (including phenoxy) is 1. The fourth-order valence-electron chi connectivity index (χ4n) is 2.66. The predicted octanol–water partition coefficient (Wildman–Crippen LogP) is 2.72. The van der Waals surface area contributed by atoms with Gasteiger partial charge < -0.3 is 4.74 Å². The first-order valence-electron chi connectivity index (χ1n) is 6.54. The molecule has 1 unspecified atom stereocenters. The summed E-state index contributed by atoms with van der Waals surface area (Å²) in [5.74, 6) is -0.407. The first kappa shape index (κ1) is 12.7. The number of methoxy groups -OCH3 is 1. The normalized spacial score (nSPS) is 20.5. The first-order valence-corrected chi connectivity index (χ1v) is 6.54. The molecule has 3 rings (SSSR count). The lowest BCUT2D eigenvalue weighted by Crippen LogP contribution is -2.25. The SMILES string of the molecule is COC(=O)c1n[nH]c2c1C=CC(C)(c1ccccc1)C2. The molecule has 0 spiro atoms. The van der Waals surface area contributed by atoms with Gasteiger partial charge in [-0.25, -0.2) is 4.79 Å². The van der Waals surface area contributed by atoms with E-state index >= 15 is 0 Å². The Morgan fingerprint density at radius 1 is 1.35 bits per heavy atom. The Balaban J connectivity index is 1.99. The summed E-state index contributed by atoms with van der Waals surface area (Å²) in [6, 6.07) is 10.3. The lowest BCUT2D eigenvalue weighted by atomic mass is 9.75. The molecule has 0 bridgehead atoms. The van der Waals surface area contributed by atoms with Crippen LogP contribution in [-0.2, 0) is 16.6 Å². The second-order valence-electron chi connectivity index (χ2n) is 5.25. The summed E-state index contributed by atoms with van der Waals surface area (Å²) < 4.78 is 4.74. The van der Waals surface area contributed by atoms with Crippen molar-refractivity contribution in [3.05, 3.63) is 58.9 Å². The zero-order chi connectivity index (χ0) is 14.2. The Morgan fingerprint density at radius 3 is 2.80 bits per heavy atom.